The Kier molecular flexibility index (Phi) is 6.28. The number of carbonyl (C=O) groups is 2. The quantitative estimate of drug-likeness (QED) is 0.605. The minimum Gasteiger partial charge on any atom is -0.471 e. The summed E-state index contributed by atoms with van der Waals surface area (Å²) in [6.07, 6.45) is 2.56. The number of aliphatic hydroxyl groups is 1. The van der Waals surface area contributed by atoms with Gasteiger partial charge in [0.1, 0.15) is 5.78 Å². The standard InChI is InChI=1S/C6H10O2.C2H4O2/c7-4-5-2-1-3-6(5)8;1-4-2-3/h5,7H,1-4H2;2H,1H3. The van der Waals surface area contributed by atoms with Crippen LogP contribution >= 0.6 is 0 Å². The first kappa shape index (κ1) is 11.1. The van der Waals surface area contributed by atoms with Crippen LogP contribution in [0.5, 0.6) is 0 Å². The second-order valence-electron chi connectivity index (χ2n) is 2.57. The van der Waals surface area contributed by atoms with Crippen LogP contribution in [0.1, 0.15) is 19.3 Å². The van der Waals surface area contributed by atoms with E-state index in [1.54, 1.807) is 0 Å². The number of hydrogen-bond donors (Lipinski definition) is 1. The number of carbonyl (C=O) groups excluding carboxylic acids is 2. The van der Waals surface area contributed by atoms with Crippen LogP contribution in [0.2, 0.25) is 0 Å². The Bertz CT molecular complexity index is 144. The van der Waals surface area contributed by atoms with Crippen molar-refractivity contribution in [3.8, 4) is 0 Å². The molecular formula is C8H14O4. The normalized spacial score (nSPS) is 21.2. The monoisotopic (exact) mass is 174 g/mol. The zero-order chi connectivity index (χ0) is 9.40. The van der Waals surface area contributed by atoms with E-state index >= 15 is 0 Å². The van der Waals surface area contributed by atoms with Crippen LogP contribution in [0.4, 0.5) is 0 Å². The van der Waals surface area contributed by atoms with E-state index in [4.69, 9.17) is 9.90 Å². The van der Waals surface area contributed by atoms with E-state index in [1.807, 2.05) is 0 Å². The third kappa shape index (κ3) is 4.08. The van der Waals surface area contributed by atoms with E-state index in [9.17, 15) is 4.79 Å². The van der Waals surface area contributed by atoms with Crippen molar-refractivity contribution < 1.29 is 19.4 Å². The lowest BCUT2D eigenvalue weighted by molar-refractivity contribution is -0.126. The first-order valence-corrected chi connectivity index (χ1v) is 3.86. The summed E-state index contributed by atoms with van der Waals surface area (Å²) in [4.78, 5) is 19.6. The lowest BCUT2D eigenvalue weighted by Gasteiger charge is -1.98. The summed E-state index contributed by atoms with van der Waals surface area (Å²) in [7, 11) is 1.31. The number of ether oxygens (including phenoxy) is 1. The lowest BCUT2D eigenvalue weighted by atomic mass is 10.1. The highest BCUT2D eigenvalue weighted by atomic mass is 16.5. The molecule has 12 heavy (non-hydrogen) atoms. The van der Waals surface area contributed by atoms with Crippen molar-refractivity contribution in [3.05, 3.63) is 0 Å². The van der Waals surface area contributed by atoms with Gasteiger partial charge in [-0.2, -0.15) is 0 Å². The molecule has 4 nitrogen and oxygen atoms in total. The highest BCUT2D eigenvalue weighted by Crippen LogP contribution is 2.19. The van der Waals surface area contributed by atoms with Gasteiger partial charge in [-0.05, 0) is 12.8 Å². The summed E-state index contributed by atoms with van der Waals surface area (Å²) in [5.74, 6) is 0.225. The van der Waals surface area contributed by atoms with Crippen molar-refractivity contribution in [2.45, 2.75) is 19.3 Å². The molecule has 0 radical (unpaired) electrons. The van der Waals surface area contributed by atoms with Gasteiger partial charge in [0.25, 0.3) is 6.47 Å². The first-order valence-electron chi connectivity index (χ1n) is 3.86. The summed E-state index contributed by atoms with van der Waals surface area (Å²) in [6, 6.07) is 0. The molecule has 0 heterocycles. The maximum absolute atomic E-state index is 10.6. The SMILES string of the molecule is COC=O.O=C1CCCC1CO. The molecule has 0 spiro atoms. The molecule has 0 aromatic carbocycles. The van der Waals surface area contributed by atoms with Gasteiger partial charge in [0.2, 0.25) is 0 Å². The number of hydrogen-bond acceptors (Lipinski definition) is 4. The van der Waals surface area contributed by atoms with Gasteiger partial charge in [-0.25, -0.2) is 0 Å². The smallest absolute Gasteiger partial charge is 0.292 e. The van der Waals surface area contributed by atoms with Crippen molar-refractivity contribution >= 4 is 12.3 Å². The van der Waals surface area contributed by atoms with Crippen molar-refractivity contribution in [3.63, 3.8) is 0 Å². The van der Waals surface area contributed by atoms with Crippen LogP contribution < -0.4 is 0 Å². The summed E-state index contributed by atoms with van der Waals surface area (Å²) >= 11 is 0. The minimum atomic E-state index is -0.0185. The van der Waals surface area contributed by atoms with Crippen LogP contribution in [-0.4, -0.2) is 31.1 Å². The van der Waals surface area contributed by atoms with Crippen LogP contribution in [0.3, 0.4) is 0 Å². The van der Waals surface area contributed by atoms with Gasteiger partial charge >= 0.3 is 0 Å². The third-order valence-electron chi connectivity index (χ3n) is 1.75. The Morgan fingerprint density at radius 3 is 2.50 bits per heavy atom. The van der Waals surface area contributed by atoms with Crippen LogP contribution in [0.15, 0.2) is 0 Å². The number of aliphatic hydroxyl groups excluding tert-OH is 1. The summed E-state index contributed by atoms with van der Waals surface area (Å²) in [6.45, 7) is 0.429. The molecule has 0 aromatic rings. The maximum Gasteiger partial charge on any atom is 0.292 e. The van der Waals surface area contributed by atoms with E-state index < -0.39 is 0 Å². The summed E-state index contributed by atoms with van der Waals surface area (Å²) in [5.41, 5.74) is 0. The van der Waals surface area contributed by atoms with E-state index in [0.717, 1.165) is 12.8 Å². The van der Waals surface area contributed by atoms with E-state index in [1.165, 1.54) is 7.11 Å². The molecule has 1 aliphatic rings. The predicted molar refractivity (Wildman–Crippen MR) is 42.5 cm³/mol. The van der Waals surface area contributed by atoms with Crippen LogP contribution in [-0.2, 0) is 14.3 Å². The van der Waals surface area contributed by atoms with E-state index in [0.29, 0.717) is 12.9 Å². The summed E-state index contributed by atoms with van der Waals surface area (Å²) in [5, 5.41) is 8.52. The van der Waals surface area contributed by atoms with Crippen LogP contribution in [0, 0.1) is 5.92 Å². The molecule has 0 aliphatic heterocycles. The molecule has 0 amide bonds. The molecule has 1 rings (SSSR count). The number of methoxy groups -OCH3 is 1. The highest BCUT2D eigenvalue weighted by Gasteiger charge is 2.22. The molecule has 1 N–H and O–H groups in total. The molecule has 0 saturated heterocycles. The Morgan fingerprint density at radius 1 is 1.75 bits per heavy atom. The topological polar surface area (TPSA) is 63.6 Å². The molecule has 70 valence electrons. The van der Waals surface area contributed by atoms with Gasteiger partial charge in [-0.3, -0.25) is 9.59 Å². The minimum absolute atomic E-state index is 0.0185. The fraction of sp³-hybridized carbons (Fsp3) is 0.750. The van der Waals surface area contributed by atoms with E-state index in [2.05, 4.69) is 4.74 Å². The predicted octanol–water partition coefficient (Wildman–Crippen LogP) is 0.137. The molecule has 4 heteroatoms. The average Bonchev–Trinajstić information content (AvgIpc) is 2.51. The number of Topliss-reactive ketones (excluding diaryl/α,β-unsaturated/α-hetero) is 1. The Morgan fingerprint density at radius 2 is 2.33 bits per heavy atom. The van der Waals surface area contributed by atoms with Gasteiger partial charge in [0.15, 0.2) is 0 Å². The first-order chi connectivity index (χ1) is 5.76. The Balaban J connectivity index is 0.000000261. The van der Waals surface area contributed by atoms with Crippen molar-refractivity contribution in [2.24, 2.45) is 5.92 Å². The lowest BCUT2D eigenvalue weighted by Crippen LogP contribution is -2.09. The molecule has 0 bridgehead atoms. The molecule has 1 aliphatic carbocycles. The fourth-order valence-corrected chi connectivity index (χ4v) is 1.08. The zero-order valence-corrected chi connectivity index (χ0v) is 7.16. The Labute approximate surface area is 71.5 Å². The highest BCUT2D eigenvalue weighted by molar-refractivity contribution is 5.82. The molecule has 0 aromatic heterocycles. The number of ketones is 1. The van der Waals surface area contributed by atoms with Gasteiger partial charge < -0.3 is 9.84 Å². The molecule has 1 saturated carbocycles. The third-order valence-corrected chi connectivity index (χ3v) is 1.75. The van der Waals surface area contributed by atoms with Crippen molar-refractivity contribution in [1.82, 2.24) is 0 Å². The molecular weight excluding hydrogens is 160 g/mol. The summed E-state index contributed by atoms with van der Waals surface area (Å²) < 4.78 is 3.86. The second kappa shape index (κ2) is 6.79. The fourth-order valence-electron chi connectivity index (χ4n) is 1.08. The van der Waals surface area contributed by atoms with Crippen LogP contribution in [0.25, 0.3) is 0 Å². The van der Waals surface area contributed by atoms with Crippen molar-refractivity contribution in [1.29, 1.82) is 0 Å². The van der Waals surface area contributed by atoms with E-state index in [-0.39, 0.29) is 18.3 Å². The van der Waals surface area contributed by atoms with Crippen molar-refractivity contribution in [2.75, 3.05) is 13.7 Å². The van der Waals surface area contributed by atoms with Gasteiger partial charge in [-0.15, -0.1) is 0 Å². The number of rotatable bonds is 2. The zero-order valence-electron chi connectivity index (χ0n) is 7.16. The average molecular weight is 174 g/mol. The van der Waals surface area contributed by atoms with Gasteiger partial charge in [0, 0.05) is 12.3 Å². The molecule has 1 unspecified atom stereocenters. The largest absolute Gasteiger partial charge is 0.471 e. The molecule has 1 atom stereocenters. The second-order valence-corrected chi connectivity index (χ2v) is 2.57. The Hall–Kier alpha value is -0.900. The maximum atomic E-state index is 10.6. The van der Waals surface area contributed by atoms with Gasteiger partial charge in [-0.1, -0.05) is 0 Å². The van der Waals surface area contributed by atoms with Gasteiger partial charge in [0.05, 0.1) is 13.7 Å². The molecule has 1 fully saturated rings.